The minimum atomic E-state index is -0.0795. The molecule has 0 aromatic heterocycles. The summed E-state index contributed by atoms with van der Waals surface area (Å²) in [5.74, 6) is 0.988. The lowest BCUT2D eigenvalue weighted by Gasteiger charge is -2.43. The zero-order chi connectivity index (χ0) is 18.0. The lowest BCUT2D eigenvalue weighted by Crippen LogP contribution is -2.48. The van der Waals surface area contributed by atoms with Crippen molar-refractivity contribution in [3.05, 3.63) is 24.3 Å². The molecule has 136 valence electrons. The van der Waals surface area contributed by atoms with Gasteiger partial charge in [0.15, 0.2) is 0 Å². The lowest BCUT2D eigenvalue weighted by molar-refractivity contribution is -0.122. The molecule has 5 heteroatoms. The zero-order valence-electron chi connectivity index (χ0n) is 15.1. The molecule has 1 aromatic carbocycles. The molecule has 5 nitrogen and oxygen atoms in total. The minimum Gasteiger partial charge on any atom is -0.327 e. The smallest absolute Gasteiger partial charge is 0.227 e. The van der Waals surface area contributed by atoms with Crippen molar-refractivity contribution in [1.82, 2.24) is 0 Å². The Morgan fingerprint density at radius 1 is 1.08 bits per heavy atom. The van der Waals surface area contributed by atoms with Crippen molar-refractivity contribution in [1.29, 1.82) is 0 Å². The van der Waals surface area contributed by atoms with Crippen LogP contribution in [0.1, 0.15) is 46.0 Å². The fourth-order valence-corrected chi connectivity index (χ4v) is 4.21. The van der Waals surface area contributed by atoms with Crippen molar-refractivity contribution in [2.45, 2.75) is 52.0 Å². The van der Waals surface area contributed by atoms with E-state index in [4.69, 9.17) is 5.73 Å². The van der Waals surface area contributed by atoms with Gasteiger partial charge in [-0.25, -0.2) is 0 Å². The van der Waals surface area contributed by atoms with Gasteiger partial charge in [0.2, 0.25) is 11.8 Å². The maximum Gasteiger partial charge on any atom is 0.227 e. The van der Waals surface area contributed by atoms with Crippen LogP contribution in [0.15, 0.2) is 24.3 Å². The van der Waals surface area contributed by atoms with Crippen molar-refractivity contribution < 1.29 is 9.59 Å². The molecule has 0 heterocycles. The number of rotatable bonds is 4. The molecular weight excluding hydrogens is 314 g/mol. The summed E-state index contributed by atoms with van der Waals surface area (Å²) in [6, 6.07) is 7.62. The average Bonchev–Trinajstić information content (AvgIpc) is 2.54. The van der Waals surface area contributed by atoms with Crippen molar-refractivity contribution in [2.24, 2.45) is 29.4 Å². The fourth-order valence-electron chi connectivity index (χ4n) is 4.21. The predicted molar refractivity (Wildman–Crippen MR) is 100 cm³/mol. The maximum atomic E-state index is 12.7. The molecule has 3 rings (SSSR count). The van der Waals surface area contributed by atoms with Crippen LogP contribution in [0, 0.1) is 23.7 Å². The van der Waals surface area contributed by atoms with Gasteiger partial charge in [-0.3, -0.25) is 9.59 Å². The molecule has 2 saturated carbocycles. The highest BCUT2D eigenvalue weighted by Crippen LogP contribution is 2.42. The van der Waals surface area contributed by atoms with Crippen molar-refractivity contribution in [3.8, 4) is 0 Å². The van der Waals surface area contributed by atoms with Crippen molar-refractivity contribution >= 4 is 23.2 Å². The number of hydrogen-bond acceptors (Lipinski definition) is 3. The first-order valence-electron chi connectivity index (χ1n) is 9.41. The highest BCUT2D eigenvalue weighted by Gasteiger charge is 2.40. The second kappa shape index (κ2) is 7.56. The van der Waals surface area contributed by atoms with Gasteiger partial charge >= 0.3 is 0 Å². The third-order valence-electron chi connectivity index (χ3n) is 5.71. The maximum absolute atomic E-state index is 12.7. The quantitative estimate of drug-likeness (QED) is 0.783. The van der Waals surface area contributed by atoms with Crippen molar-refractivity contribution in [3.63, 3.8) is 0 Å². The van der Waals surface area contributed by atoms with Gasteiger partial charge in [0, 0.05) is 29.3 Å². The topological polar surface area (TPSA) is 84.2 Å². The van der Waals surface area contributed by atoms with Crippen LogP contribution in [0.2, 0.25) is 0 Å². The molecule has 0 saturated heterocycles. The fraction of sp³-hybridized carbons (Fsp3) is 0.600. The van der Waals surface area contributed by atoms with Crippen LogP contribution in [0.5, 0.6) is 0 Å². The molecule has 0 spiro atoms. The zero-order valence-corrected chi connectivity index (χ0v) is 15.1. The van der Waals surface area contributed by atoms with E-state index in [1.54, 1.807) is 0 Å². The first-order chi connectivity index (χ1) is 11.9. The molecule has 25 heavy (non-hydrogen) atoms. The van der Waals surface area contributed by atoms with Crippen LogP contribution in [0.25, 0.3) is 0 Å². The summed E-state index contributed by atoms with van der Waals surface area (Å²) < 4.78 is 0. The van der Waals surface area contributed by atoms with E-state index in [1.165, 1.54) is 6.42 Å². The molecule has 1 aromatic rings. The van der Waals surface area contributed by atoms with Crippen molar-refractivity contribution in [2.75, 3.05) is 10.6 Å². The van der Waals surface area contributed by atoms with E-state index >= 15 is 0 Å². The second-order valence-electron chi connectivity index (χ2n) is 7.91. The number of hydrogen-bond donors (Lipinski definition) is 3. The Hall–Kier alpha value is -1.88. The summed E-state index contributed by atoms with van der Waals surface area (Å²) in [5.41, 5.74) is 7.75. The van der Waals surface area contributed by atoms with Gasteiger partial charge in [-0.05, 0) is 55.7 Å². The van der Waals surface area contributed by atoms with Crippen LogP contribution in [0.4, 0.5) is 11.4 Å². The Labute approximate surface area is 149 Å². The number of nitrogens with one attached hydrogen (secondary N) is 2. The van der Waals surface area contributed by atoms with Crippen LogP contribution < -0.4 is 16.4 Å². The van der Waals surface area contributed by atoms with Gasteiger partial charge < -0.3 is 16.4 Å². The number of anilines is 2. The minimum absolute atomic E-state index is 0.0300. The highest BCUT2D eigenvalue weighted by atomic mass is 16.2. The molecule has 2 aliphatic rings. The number of nitrogens with two attached hydrogens (primary N) is 1. The summed E-state index contributed by atoms with van der Waals surface area (Å²) in [5, 5.41) is 5.89. The lowest BCUT2D eigenvalue weighted by atomic mass is 9.65. The molecule has 4 N–H and O–H groups in total. The summed E-state index contributed by atoms with van der Waals surface area (Å²) in [6.45, 7) is 3.71. The van der Waals surface area contributed by atoms with Gasteiger partial charge in [-0.1, -0.05) is 26.3 Å². The van der Waals surface area contributed by atoms with Gasteiger partial charge in [0.25, 0.3) is 0 Å². The molecule has 2 unspecified atom stereocenters. The summed E-state index contributed by atoms with van der Waals surface area (Å²) in [4.78, 5) is 24.5. The van der Waals surface area contributed by atoms with E-state index in [9.17, 15) is 9.59 Å². The van der Waals surface area contributed by atoms with Crippen LogP contribution in [-0.2, 0) is 9.59 Å². The predicted octanol–water partition coefficient (Wildman–Crippen LogP) is 3.37. The third kappa shape index (κ3) is 4.21. The van der Waals surface area contributed by atoms with E-state index < -0.39 is 0 Å². The number of carbonyl (C=O) groups excluding carboxylic acids is 2. The van der Waals surface area contributed by atoms with E-state index in [2.05, 4.69) is 10.6 Å². The van der Waals surface area contributed by atoms with E-state index in [0.717, 1.165) is 31.4 Å². The number of fused-ring (bicyclic) bond motifs is 2. The Morgan fingerprint density at radius 3 is 2.28 bits per heavy atom. The Balaban J connectivity index is 1.62. The van der Waals surface area contributed by atoms with Gasteiger partial charge in [-0.15, -0.1) is 0 Å². The Kier molecular flexibility index (Phi) is 5.42. The van der Waals surface area contributed by atoms with Gasteiger partial charge in [-0.2, -0.15) is 0 Å². The van der Waals surface area contributed by atoms with Gasteiger partial charge in [0.1, 0.15) is 0 Å². The first-order valence-corrected chi connectivity index (χ1v) is 9.41. The first kappa shape index (κ1) is 17.9. The van der Waals surface area contributed by atoms with Crippen LogP contribution >= 0.6 is 0 Å². The SMILES string of the molecule is CC(C)C(=O)Nc1cccc(NC(=O)C2CC3CCCC(C2)C3N)c1. The van der Waals surface area contributed by atoms with Gasteiger partial charge in [0.05, 0.1) is 0 Å². The molecule has 0 aliphatic heterocycles. The molecular formula is C20H29N3O2. The largest absolute Gasteiger partial charge is 0.327 e. The summed E-state index contributed by atoms with van der Waals surface area (Å²) in [7, 11) is 0. The Morgan fingerprint density at radius 2 is 1.68 bits per heavy atom. The summed E-state index contributed by atoms with van der Waals surface area (Å²) >= 11 is 0. The normalized spacial score (nSPS) is 28.5. The number of amides is 2. The second-order valence-corrected chi connectivity index (χ2v) is 7.91. The molecule has 0 radical (unpaired) electrons. The van der Waals surface area contributed by atoms with E-state index in [1.807, 2.05) is 38.1 Å². The van der Waals surface area contributed by atoms with Crippen LogP contribution in [0.3, 0.4) is 0 Å². The van der Waals surface area contributed by atoms with E-state index in [0.29, 0.717) is 17.5 Å². The standard InChI is InChI=1S/C20H29N3O2/c1-12(2)19(24)22-16-7-4-8-17(11-16)23-20(25)15-9-13-5-3-6-14(10-15)18(13)21/h4,7-8,11-15,18H,3,5-6,9-10,21H2,1-2H3,(H,22,24)(H,23,25). The molecule has 2 amide bonds. The molecule has 2 bridgehead atoms. The van der Waals surface area contributed by atoms with Crippen LogP contribution in [-0.4, -0.2) is 17.9 Å². The molecule has 2 atom stereocenters. The molecule has 2 aliphatic carbocycles. The molecule has 2 fully saturated rings. The summed E-state index contributed by atoms with van der Waals surface area (Å²) in [6.07, 6.45) is 5.34. The van der Waals surface area contributed by atoms with E-state index in [-0.39, 0.29) is 29.7 Å². The number of benzene rings is 1. The number of carbonyl (C=O) groups is 2. The Bertz CT molecular complexity index is 630. The highest BCUT2D eigenvalue weighted by molar-refractivity contribution is 5.95. The third-order valence-corrected chi connectivity index (χ3v) is 5.71. The average molecular weight is 343 g/mol. The monoisotopic (exact) mass is 343 g/mol.